The molecule has 0 spiro atoms. The molecule has 0 aliphatic rings. The van der Waals surface area contributed by atoms with Crippen LogP contribution in [0.2, 0.25) is 0 Å². The Bertz CT molecular complexity index is 1260. The molecule has 406 valence electrons. The highest BCUT2D eigenvalue weighted by molar-refractivity contribution is 5.71. The first kappa shape index (κ1) is 67.1. The van der Waals surface area contributed by atoms with Gasteiger partial charge in [-0.15, -0.1) is 0 Å². The Labute approximate surface area is 434 Å². The smallest absolute Gasteiger partial charge is 0.306 e. The lowest BCUT2D eigenvalue weighted by atomic mass is 10.0. The van der Waals surface area contributed by atoms with Crippen molar-refractivity contribution in [3.05, 3.63) is 60.8 Å². The average molecular weight is 980 g/mol. The van der Waals surface area contributed by atoms with Gasteiger partial charge in [-0.1, -0.05) is 268 Å². The van der Waals surface area contributed by atoms with E-state index < -0.39 is 6.10 Å². The van der Waals surface area contributed by atoms with Gasteiger partial charge in [0.05, 0.1) is 0 Å². The van der Waals surface area contributed by atoms with Gasteiger partial charge in [-0.25, -0.2) is 0 Å². The number of esters is 3. The van der Waals surface area contributed by atoms with Gasteiger partial charge in [-0.3, -0.25) is 14.4 Å². The van der Waals surface area contributed by atoms with Crippen molar-refractivity contribution in [2.24, 2.45) is 0 Å². The van der Waals surface area contributed by atoms with Crippen LogP contribution >= 0.6 is 0 Å². The molecule has 1 atom stereocenters. The first-order valence-electron chi connectivity index (χ1n) is 30.3. The van der Waals surface area contributed by atoms with Crippen LogP contribution in [0, 0.1) is 0 Å². The number of hydrogen-bond donors (Lipinski definition) is 0. The van der Waals surface area contributed by atoms with E-state index in [1.165, 1.54) is 199 Å². The van der Waals surface area contributed by atoms with Gasteiger partial charge in [0.25, 0.3) is 0 Å². The van der Waals surface area contributed by atoms with Crippen LogP contribution in [0.25, 0.3) is 0 Å². The van der Waals surface area contributed by atoms with Gasteiger partial charge >= 0.3 is 17.9 Å². The lowest BCUT2D eigenvalue weighted by Crippen LogP contribution is -2.30. The third-order valence-electron chi connectivity index (χ3n) is 13.2. The molecule has 0 aliphatic heterocycles. The van der Waals surface area contributed by atoms with Crippen LogP contribution in [0.4, 0.5) is 0 Å². The summed E-state index contributed by atoms with van der Waals surface area (Å²) in [6, 6.07) is 0. The molecule has 0 aromatic rings. The molecule has 0 fully saturated rings. The van der Waals surface area contributed by atoms with Crippen molar-refractivity contribution in [3.8, 4) is 0 Å². The first-order valence-corrected chi connectivity index (χ1v) is 30.3. The van der Waals surface area contributed by atoms with Gasteiger partial charge in [-0.2, -0.15) is 0 Å². The average Bonchev–Trinajstić information content (AvgIpc) is 3.36. The Hall–Kier alpha value is -2.89. The van der Waals surface area contributed by atoms with Gasteiger partial charge in [0, 0.05) is 19.3 Å². The highest BCUT2D eigenvalue weighted by Gasteiger charge is 2.19. The molecule has 6 nitrogen and oxygen atoms in total. The minimum Gasteiger partial charge on any atom is -0.462 e. The molecule has 0 saturated carbocycles. The maximum Gasteiger partial charge on any atom is 0.306 e. The van der Waals surface area contributed by atoms with E-state index in [2.05, 4.69) is 81.5 Å². The molecule has 0 bridgehead atoms. The highest BCUT2D eigenvalue weighted by atomic mass is 16.6. The minimum absolute atomic E-state index is 0.0934. The molecule has 70 heavy (non-hydrogen) atoms. The summed E-state index contributed by atoms with van der Waals surface area (Å²) in [6.45, 7) is 6.60. The van der Waals surface area contributed by atoms with E-state index in [-0.39, 0.29) is 37.5 Å². The van der Waals surface area contributed by atoms with Gasteiger partial charge in [0.15, 0.2) is 6.10 Å². The molecule has 0 aromatic heterocycles. The third-order valence-corrected chi connectivity index (χ3v) is 13.2. The van der Waals surface area contributed by atoms with Crippen LogP contribution in [0.5, 0.6) is 0 Å². The zero-order chi connectivity index (χ0) is 50.7. The summed E-state index contributed by atoms with van der Waals surface area (Å²) in [7, 11) is 0. The Balaban J connectivity index is 4.42. The number of carbonyl (C=O) groups is 3. The first-order chi connectivity index (χ1) is 34.5. The largest absolute Gasteiger partial charge is 0.462 e. The van der Waals surface area contributed by atoms with Gasteiger partial charge in [0.1, 0.15) is 13.2 Å². The standard InChI is InChI=1S/C64H114O6/c1-4-7-10-13-16-19-22-25-28-31-32-34-36-39-42-45-48-51-54-57-63(66)69-60-61(59-68-62(65)56-53-50-47-44-41-38-35-30-27-24-21-18-15-12-9-6-3)70-64(67)58-55-52-49-46-43-40-37-33-29-26-23-20-17-14-11-8-5-2/h17,20,25-26,28-29,37,40,46,49,61H,4-16,18-19,21-24,27,30-36,38-39,41-45,47-48,50-60H2,1-3H3/b20-17+,28-25+,29-26+,40-37+,49-46+/t61-/m1/s1. The summed E-state index contributed by atoms with van der Waals surface area (Å²) in [4.78, 5) is 38.2. The molecule has 0 aromatic carbocycles. The molecule has 0 N–H and O–H groups in total. The van der Waals surface area contributed by atoms with Crippen LogP contribution in [-0.2, 0) is 28.6 Å². The summed E-state index contributed by atoms with van der Waals surface area (Å²) >= 11 is 0. The second-order valence-electron chi connectivity index (χ2n) is 20.3. The van der Waals surface area contributed by atoms with Gasteiger partial charge in [0.2, 0.25) is 0 Å². The number of unbranched alkanes of at least 4 members (excludes halogenated alkanes) is 34. The van der Waals surface area contributed by atoms with Crippen molar-refractivity contribution < 1.29 is 28.6 Å². The van der Waals surface area contributed by atoms with E-state index in [0.29, 0.717) is 19.3 Å². The zero-order valence-electron chi connectivity index (χ0n) is 46.5. The molecule has 0 saturated heterocycles. The molecular weight excluding hydrogens is 865 g/mol. The fourth-order valence-electron chi connectivity index (χ4n) is 8.67. The molecule has 6 heteroatoms. The van der Waals surface area contributed by atoms with E-state index in [1.807, 2.05) is 0 Å². The Morgan fingerprint density at radius 2 is 0.529 bits per heavy atom. The number of hydrogen-bond acceptors (Lipinski definition) is 6. The lowest BCUT2D eigenvalue weighted by Gasteiger charge is -2.18. The van der Waals surface area contributed by atoms with Crippen molar-refractivity contribution >= 4 is 17.9 Å². The molecule has 0 rings (SSSR count). The predicted octanol–water partition coefficient (Wildman–Crippen LogP) is 20.4. The van der Waals surface area contributed by atoms with E-state index in [0.717, 1.165) is 64.2 Å². The van der Waals surface area contributed by atoms with Crippen molar-refractivity contribution in [1.82, 2.24) is 0 Å². The molecule has 0 amide bonds. The fourth-order valence-corrected chi connectivity index (χ4v) is 8.67. The van der Waals surface area contributed by atoms with Gasteiger partial charge < -0.3 is 14.2 Å². The maximum absolute atomic E-state index is 12.8. The Morgan fingerprint density at radius 3 is 0.886 bits per heavy atom. The summed E-state index contributed by atoms with van der Waals surface area (Å²) in [5, 5.41) is 0. The van der Waals surface area contributed by atoms with Crippen molar-refractivity contribution in [2.45, 2.75) is 316 Å². The summed E-state index contributed by atoms with van der Waals surface area (Å²) in [5.74, 6) is -0.937. The second-order valence-corrected chi connectivity index (χ2v) is 20.3. The predicted molar refractivity (Wildman–Crippen MR) is 302 cm³/mol. The lowest BCUT2D eigenvalue weighted by molar-refractivity contribution is -0.167. The molecule has 0 radical (unpaired) electrons. The quantitative estimate of drug-likeness (QED) is 0.0261. The maximum atomic E-state index is 12.8. The third kappa shape index (κ3) is 56.0. The summed E-state index contributed by atoms with van der Waals surface area (Å²) < 4.78 is 16.9. The van der Waals surface area contributed by atoms with Crippen LogP contribution < -0.4 is 0 Å². The number of allylic oxidation sites excluding steroid dienone is 10. The number of ether oxygens (including phenoxy) is 3. The topological polar surface area (TPSA) is 78.9 Å². The van der Waals surface area contributed by atoms with Gasteiger partial charge in [-0.05, 0) is 83.5 Å². The SMILES string of the molecule is CCCCC/C=C/C/C=C/C/C=C/C/C=C/CCCC(=O)O[C@@H](COC(=O)CCCCCCCCCCC/C=C/CCCCCCCC)COC(=O)CCCCCCCCCCCCCCCCCC. The van der Waals surface area contributed by atoms with Crippen LogP contribution in [0.3, 0.4) is 0 Å². The molecule has 0 aliphatic carbocycles. The van der Waals surface area contributed by atoms with E-state index in [9.17, 15) is 14.4 Å². The van der Waals surface area contributed by atoms with Crippen LogP contribution in [0.1, 0.15) is 310 Å². The molecule has 0 heterocycles. The summed E-state index contributed by atoms with van der Waals surface area (Å²) in [6.07, 6.45) is 73.6. The van der Waals surface area contributed by atoms with Crippen molar-refractivity contribution in [1.29, 1.82) is 0 Å². The molecular formula is C64H114O6. The fraction of sp³-hybridized carbons (Fsp3) is 0.797. The Kier molecular flexibility index (Phi) is 56.3. The van der Waals surface area contributed by atoms with E-state index in [1.54, 1.807) is 0 Å². The van der Waals surface area contributed by atoms with Crippen LogP contribution in [-0.4, -0.2) is 37.2 Å². The van der Waals surface area contributed by atoms with Crippen LogP contribution in [0.15, 0.2) is 60.8 Å². The monoisotopic (exact) mass is 979 g/mol. The van der Waals surface area contributed by atoms with Crippen molar-refractivity contribution in [2.75, 3.05) is 13.2 Å². The minimum atomic E-state index is -0.802. The normalized spacial score (nSPS) is 12.4. The molecule has 0 unspecified atom stereocenters. The van der Waals surface area contributed by atoms with E-state index >= 15 is 0 Å². The van der Waals surface area contributed by atoms with Crippen molar-refractivity contribution in [3.63, 3.8) is 0 Å². The van der Waals surface area contributed by atoms with E-state index in [4.69, 9.17) is 14.2 Å². The zero-order valence-corrected chi connectivity index (χ0v) is 46.5. The Morgan fingerprint density at radius 1 is 0.286 bits per heavy atom. The summed E-state index contributed by atoms with van der Waals surface area (Å²) in [5.41, 5.74) is 0. The second kappa shape index (κ2) is 58.7. The number of rotatable bonds is 55. The number of carbonyl (C=O) groups excluding carboxylic acids is 3. The highest BCUT2D eigenvalue weighted by Crippen LogP contribution is 2.16.